The first-order valence-corrected chi connectivity index (χ1v) is 6.70. The molecule has 0 amide bonds. The maximum Gasteiger partial charge on any atom is 0.174 e. The van der Waals surface area contributed by atoms with E-state index >= 15 is 0 Å². The van der Waals surface area contributed by atoms with Crippen molar-refractivity contribution in [1.82, 2.24) is 0 Å². The van der Waals surface area contributed by atoms with E-state index in [2.05, 4.69) is 0 Å². The molecule has 0 radical (unpaired) electrons. The molecule has 0 saturated heterocycles. The third kappa shape index (κ3) is 4.55. The highest BCUT2D eigenvalue weighted by atomic mass is 16.6. The van der Waals surface area contributed by atoms with Gasteiger partial charge in [0, 0.05) is 28.4 Å². The molecule has 0 spiro atoms. The summed E-state index contributed by atoms with van der Waals surface area (Å²) in [5.74, 6) is -1.14. The lowest BCUT2D eigenvalue weighted by atomic mass is 9.85. The number of Topliss-reactive ketones (excluding diaryl/α,β-unsaturated/α-hetero) is 2. The van der Waals surface area contributed by atoms with Crippen LogP contribution in [-0.4, -0.2) is 86.8 Å². The van der Waals surface area contributed by atoms with E-state index in [-0.39, 0.29) is 6.61 Å². The molecule has 0 rings (SSSR count). The summed E-state index contributed by atoms with van der Waals surface area (Å²) in [6.45, 7) is 2.03. The average molecular weight is 322 g/mol. The standard InChI is InChI=1S/C14H26O8/c1-8(15)10(17)11(20-4)12(21-5)13(22-6)14(18,7-19-3)9(2)16/h10-13,17-18H,7H2,1-6H3/t10?,11-,12+,13-,14-/m0/s1. The van der Waals surface area contributed by atoms with Crippen LogP contribution in [0.5, 0.6) is 0 Å². The molecule has 0 aliphatic heterocycles. The first kappa shape index (κ1) is 21.1. The van der Waals surface area contributed by atoms with E-state index in [1.807, 2.05) is 0 Å². The van der Waals surface area contributed by atoms with Crippen molar-refractivity contribution >= 4 is 11.6 Å². The molecule has 8 heteroatoms. The molecule has 0 aliphatic rings. The van der Waals surface area contributed by atoms with Crippen molar-refractivity contribution in [3.8, 4) is 0 Å². The van der Waals surface area contributed by atoms with Gasteiger partial charge in [-0.1, -0.05) is 0 Å². The van der Waals surface area contributed by atoms with Gasteiger partial charge in [0.25, 0.3) is 0 Å². The number of aliphatic hydroxyl groups excluding tert-OH is 1. The van der Waals surface area contributed by atoms with Gasteiger partial charge in [0.05, 0.1) is 6.61 Å². The second kappa shape index (κ2) is 9.29. The maximum atomic E-state index is 11.9. The van der Waals surface area contributed by atoms with Crippen molar-refractivity contribution in [3.63, 3.8) is 0 Å². The third-order valence-electron chi connectivity index (χ3n) is 3.59. The summed E-state index contributed by atoms with van der Waals surface area (Å²) < 4.78 is 20.5. The molecule has 0 bridgehead atoms. The minimum Gasteiger partial charge on any atom is -0.382 e. The summed E-state index contributed by atoms with van der Waals surface area (Å²) in [5.41, 5.74) is -2.02. The van der Waals surface area contributed by atoms with E-state index in [9.17, 15) is 19.8 Å². The smallest absolute Gasteiger partial charge is 0.174 e. The zero-order valence-electron chi connectivity index (χ0n) is 13.9. The van der Waals surface area contributed by atoms with Crippen LogP contribution in [0.15, 0.2) is 0 Å². The van der Waals surface area contributed by atoms with Gasteiger partial charge in [-0.05, 0) is 13.8 Å². The molecule has 130 valence electrons. The van der Waals surface area contributed by atoms with E-state index in [1.165, 1.54) is 42.3 Å². The minimum absolute atomic E-state index is 0.340. The van der Waals surface area contributed by atoms with E-state index in [0.29, 0.717) is 0 Å². The molecular formula is C14H26O8. The zero-order chi connectivity index (χ0) is 17.5. The van der Waals surface area contributed by atoms with Crippen molar-refractivity contribution < 1.29 is 38.7 Å². The van der Waals surface area contributed by atoms with E-state index in [0.717, 1.165) is 0 Å². The Kier molecular flexibility index (Phi) is 8.91. The second-order valence-corrected chi connectivity index (χ2v) is 5.03. The van der Waals surface area contributed by atoms with Crippen molar-refractivity contribution in [1.29, 1.82) is 0 Å². The Bertz CT molecular complexity index is 372. The van der Waals surface area contributed by atoms with Crippen LogP contribution in [0.1, 0.15) is 13.8 Å². The molecule has 0 aliphatic carbocycles. The van der Waals surface area contributed by atoms with Crippen LogP contribution in [0.25, 0.3) is 0 Å². The van der Waals surface area contributed by atoms with Crippen LogP contribution in [-0.2, 0) is 28.5 Å². The predicted molar refractivity (Wildman–Crippen MR) is 76.6 cm³/mol. The minimum atomic E-state index is -2.02. The Balaban J connectivity index is 5.71. The Morgan fingerprint density at radius 2 is 1.50 bits per heavy atom. The number of hydrogen-bond donors (Lipinski definition) is 2. The lowest BCUT2D eigenvalue weighted by Gasteiger charge is -2.40. The van der Waals surface area contributed by atoms with Gasteiger partial charge in [-0.25, -0.2) is 0 Å². The SMILES string of the molecule is COC[C@](O)(C(C)=O)[C@@H](OC)[C@H](OC)[C@@H](OC)C(O)C(C)=O. The summed E-state index contributed by atoms with van der Waals surface area (Å²) in [5, 5.41) is 20.6. The summed E-state index contributed by atoms with van der Waals surface area (Å²) >= 11 is 0. The van der Waals surface area contributed by atoms with Crippen LogP contribution in [0, 0.1) is 0 Å². The molecule has 22 heavy (non-hydrogen) atoms. The lowest BCUT2D eigenvalue weighted by molar-refractivity contribution is -0.206. The van der Waals surface area contributed by atoms with Gasteiger partial charge in [0.2, 0.25) is 0 Å². The monoisotopic (exact) mass is 322 g/mol. The summed E-state index contributed by atoms with van der Waals surface area (Å²) in [4.78, 5) is 23.3. The summed E-state index contributed by atoms with van der Waals surface area (Å²) in [6, 6.07) is 0. The van der Waals surface area contributed by atoms with E-state index < -0.39 is 41.6 Å². The Morgan fingerprint density at radius 1 is 1.00 bits per heavy atom. The van der Waals surface area contributed by atoms with Gasteiger partial charge >= 0.3 is 0 Å². The number of hydrogen-bond acceptors (Lipinski definition) is 8. The van der Waals surface area contributed by atoms with Gasteiger partial charge in [-0.2, -0.15) is 0 Å². The van der Waals surface area contributed by atoms with Crippen LogP contribution >= 0.6 is 0 Å². The lowest BCUT2D eigenvalue weighted by Crippen LogP contribution is -2.62. The molecule has 1 unspecified atom stereocenters. The molecule has 0 aromatic carbocycles. The van der Waals surface area contributed by atoms with Gasteiger partial charge in [-0.15, -0.1) is 0 Å². The number of carbonyl (C=O) groups is 2. The Hall–Kier alpha value is -0.900. The highest BCUT2D eigenvalue weighted by molar-refractivity contribution is 5.86. The van der Waals surface area contributed by atoms with Crippen LogP contribution < -0.4 is 0 Å². The first-order chi connectivity index (χ1) is 10.2. The Labute approximate surface area is 130 Å². The fourth-order valence-electron chi connectivity index (χ4n) is 2.31. The van der Waals surface area contributed by atoms with Crippen molar-refractivity contribution in [2.45, 2.75) is 43.9 Å². The first-order valence-electron chi connectivity index (χ1n) is 6.70. The fourth-order valence-corrected chi connectivity index (χ4v) is 2.31. The molecule has 2 N–H and O–H groups in total. The molecule has 0 saturated carbocycles. The van der Waals surface area contributed by atoms with Gasteiger partial charge in [-0.3, -0.25) is 9.59 Å². The van der Waals surface area contributed by atoms with Crippen LogP contribution in [0.4, 0.5) is 0 Å². The second-order valence-electron chi connectivity index (χ2n) is 5.03. The molecule has 0 aromatic rings. The number of ether oxygens (including phenoxy) is 4. The van der Waals surface area contributed by atoms with Crippen molar-refractivity contribution in [3.05, 3.63) is 0 Å². The number of rotatable bonds is 11. The number of carbonyl (C=O) groups excluding carboxylic acids is 2. The summed E-state index contributed by atoms with van der Waals surface area (Å²) in [7, 11) is 5.16. The van der Waals surface area contributed by atoms with E-state index in [4.69, 9.17) is 18.9 Å². The normalized spacial score (nSPS) is 19.8. The maximum absolute atomic E-state index is 11.9. The Morgan fingerprint density at radius 3 is 1.77 bits per heavy atom. The van der Waals surface area contributed by atoms with Crippen LogP contribution in [0.2, 0.25) is 0 Å². The highest BCUT2D eigenvalue weighted by Crippen LogP contribution is 2.25. The predicted octanol–water partition coefficient (Wildman–Crippen LogP) is -1.05. The van der Waals surface area contributed by atoms with Crippen LogP contribution in [0.3, 0.4) is 0 Å². The molecule has 5 atom stereocenters. The number of aliphatic hydroxyl groups is 2. The largest absolute Gasteiger partial charge is 0.382 e. The highest BCUT2D eigenvalue weighted by Gasteiger charge is 2.50. The molecule has 8 nitrogen and oxygen atoms in total. The van der Waals surface area contributed by atoms with Gasteiger partial charge in [0.1, 0.15) is 24.4 Å². The molecule has 0 fully saturated rings. The van der Waals surface area contributed by atoms with Crippen molar-refractivity contribution in [2.75, 3.05) is 35.0 Å². The van der Waals surface area contributed by atoms with E-state index in [1.54, 1.807) is 0 Å². The molecular weight excluding hydrogens is 296 g/mol. The molecule has 0 heterocycles. The zero-order valence-corrected chi connectivity index (χ0v) is 13.9. The molecule has 0 aromatic heterocycles. The average Bonchev–Trinajstić information content (AvgIpc) is 2.46. The summed E-state index contributed by atoms with van der Waals surface area (Å²) in [6.07, 6.45) is -4.92. The van der Waals surface area contributed by atoms with Crippen molar-refractivity contribution in [2.24, 2.45) is 0 Å². The number of methoxy groups -OCH3 is 4. The third-order valence-corrected chi connectivity index (χ3v) is 3.59. The fraction of sp³-hybridized carbons (Fsp3) is 0.857. The number of ketones is 2. The quantitative estimate of drug-likeness (QED) is 0.495. The van der Waals surface area contributed by atoms with Gasteiger partial charge in [0.15, 0.2) is 17.2 Å². The van der Waals surface area contributed by atoms with Gasteiger partial charge < -0.3 is 29.2 Å². The topological polar surface area (TPSA) is 112 Å².